The van der Waals surface area contributed by atoms with Crippen LogP contribution in [0.3, 0.4) is 0 Å². The molecule has 1 unspecified atom stereocenters. The fraction of sp³-hybridized carbons (Fsp3) is 0.556. The van der Waals surface area contributed by atoms with Crippen molar-refractivity contribution in [1.82, 2.24) is 5.32 Å². The molecule has 22 heavy (non-hydrogen) atoms. The standard InChI is InChI=1S/C18H27N3O/c1-13(2)18(5,12-19)20-17(22)11-21(6)10-16-8-7-14(3)9-15(16)4/h7-9,13H,10-11H2,1-6H3,(H,20,22)/p+1/t18-/m1/s1. The highest BCUT2D eigenvalue weighted by atomic mass is 16.2. The van der Waals surface area contributed by atoms with Gasteiger partial charge in [-0.25, -0.2) is 0 Å². The lowest BCUT2D eigenvalue weighted by Crippen LogP contribution is -3.09. The monoisotopic (exact) mass is 302 g/mol. The highest BCUT2D eigenvalue weighted by Crippen LogP contribution is 2.14. The second-order valence-electron chi connectivity index (χ2n) is 6.76. The molecule has 0 fully saturated rings. The minimum Gasteiger partial charge on any atom is -0.333 e. The van der Waals surface area contributed by atoms with E-state index in [9.17, 15) is 10.1 Å². The summed E-state index contributed by atoms with van der Waals surface area (Å²) < 4.78 is 0. The van der Waals surface area contributed by atoms with Crippen molar-refractivity contribution in [1.29, 1.82) is 5.26 Å². The van der Waals surface area contributed by atoms with E-state index in [1.165, 1.54) is 16.7 Å². The zero-order chi connectivity index (χ0) is 16.9. The fourth-order valence-corrected chi connectivity index (χ4v) is 2.34. The highest BCUT2D eigenvalue weighted by molar-refractivity contribution is 5.78. The lowest BCUT2D eigenvalue weighted by Gasteiger charge is -2.27. The lowest BCUT2D eigenvalue weighted by atomic mass is 9.90. The number of nitrogens with zero attached hydrogens (tertiary/aromatic N) is 1. The first-order valence-electron chi connectivity index (χ1n) is 7.77. The first-order chi connectivity index (χ1) is 10.2. The number of rotatable bonds is 6. The van der Waals surface area contributed by atoms with Crippen LogP contribution in [0.15, 0.2) is 18.2 Å². The summed E-state index contributed by atoms with van der Waals surface area (Å²) in [6, 6.07) is 8.59. The zero-order valence-corrected chi connectivity index (χ0v) is 14.6. The van der Waals surface area contributed by atoms with Crippen LogP contribution in [-0.4, -0.2) is 25.0 Å². The van der Waals surface area contributed by atoms with E-state index in [4.69, 9.17) is 0 Å². The van der Waals surface area contributed by atoms with Crippen LogP contribution >= 0.6 is 0 Å². The van der Waals surface area contributed by atoms with E-state index in [1.54, 1.807) is 6.92 Å². The van der Waals surface area contributed by atoms with Crippen LogP contribution in [0.25, 0.3) is 0 Å². The molecular formula is C18H28N3O+. The van der Waals surface area contributed by atoms with E-state index in [2.05, 4.69) is 43.4 Å². The van der Waals surface area contributed by atoms with Crippen molar-refractivity contribution in [2.45, 2.75) is 46.7 Å². The van der Waals surface area contributed by atoms with Gasteiger partial charge in [0.05, 0.1) is 13.1 Å². The van der Waals surface area contributed by atoms with Gasteiger partial charge in [0.2, 0.25) is 0 Å². The first-order valence-corrected chi connectivity index (χ1v) is 7.77. The molecule has 0 aromatic heterocycles. The van der Waals surface area contributed by atoms with Gasteiger partial charge in [-0.1, -0.05) is 37.6 Å². The summed E-state index contributed by atoms with van der Waals surface area (Å²) in [6.07, 6.45) is 0. The Morgan fingerprint density at radius 1 is 1.41 bits per heavy atom. The van der Waals surface area contributed by atoms with Crippen LogP contribution in [0.5, 0.6) is 0 Å². The van der Waals surface area contributed by atoms with Crippen LogP contribution in [0.1, 0.15) is 37.5 Å². The summed E-state index contributed by atoms with van der Waals surface area (Å²) in [4.78, 5) is 13.3. The molecule has 0 aliphatic carbocycles. The molecule has 120 valence electrons. The van der Waals surface area contributed by atoms with Crippen molar-refractivity contribution in [3.05, 3.63) is 34.9 Å². The average Bonchev–Trinajstić information content (AvgIpc) is 2.41. The van der Waals surface area contributed by atoms with Crippen molar-refractivity contribution in [2.75, 3.05) is 13.6 Å². The summed E-state index contributed by atoms with van der Waals surface area (Å²) in [6.45, 7) is 11.0. The van der Waals surface area contributed by atoms with Gasteiger partial charge in [-0.3, -0.25) is 4.79 Å². The van der Waals surface area contributed by atoms with Crippen LogP contribution in [-0.2, 0) is 11.3 Å². The Morgan fingerprint density at radius 3 is 2.55 bits per heavy atom. The van der Waals surface area contributed by atoms with Gasteiger partial charge in [0.15, 0.2) is 6.54 Å². The topological polar surface area (TPSA) is 57.3 Å². The molecule has 1 aromatic rings. The number of hydrogen-bond donors (Lipinski definition) is 2. The normalized spacial score (nSPS) is 15.0. The predicted molar refractivity (Wildman–Crippen MR) is 88.4 cm³/mol. The van der Waals surface area contributed by atoms with Gasteiger partial charge >= 0.3 is 0 Å². The molecular weight excluding hydrogens is 274 g/mol. The largest absolute Gasteiger partial charge is 0.333 e. The molecule has 1 rings (SSSR count). The van der Waals surface area contributed by atoms with E-state index in [-0.39, 0.29) is 11.8 Å². The van der Waals surface area contributed by atoms with Crippen LogP contribution in [0, 0.1) is 31.1 Å². The van der Waals surface area contributed by atoms with Crippen molar-refractivity contribution in [3.63, 3.8) is 0 Å². The highest BCUT2D eigenvalue weighted by Gasteiger charge is 2.30. The maximum atomic E-state index is 12.2. The Balaban J connectivity index is 2.63. The molecule has 0 saturated carbocycles. The molecule has 2 atom stereocenters. The van der Waals surface area contributed by atoms with E-state index >= 15 is 0 Å². The fourth-order valence-electron chi connectivity index (χ4n) is 2.34. The van der Waals surface area contributed by atoms with Crippen LogP contribution in [0.2, 0.25) is 0 Å². The van der Waals surface area contributed by atoms with Crippen molar-refractivity contribution in [3.8, 4) is 6.07 Å². The maximum absolute atomic E-state index is 12.2. The van der Waals surface area contributed by atoms with Gasteiger partial charge in [-0.2, -0.15) is 5.26 Å². The summed E-state index contributed by atoms with van der Waals surface area (Å²) in [7, 11) is 2.00. The summed E-state index contributed by atoms with van der Waals surface area (Å²) >= 11 is 0. The first kappa shape index (κ1) is 18.2. The van der Waals surface area contributed by atoms with Crippen molar-refractivity contribution >= 4 is 5.91 Å². The molecule has 0 spiro atoms. The molecule has 1 aromatic carbocycles. The SMILES string of the molecule is Cc1ccc(C[NH+](C)CC(=O)N[C@](C)(C#N)C(C)C)c(C)c1. The van der Waals surface area contributed by atoms with Crippen LogP contribution < -0.4 is 10.2 Å². The van der Waals surface area contributed by atoms with E-state index in [0.717, 1.165) is 11.4 Å². The Labute approximate surface area is 134 Å². The Bertz CT molecular complexity index is 574. The second-order valence-corrected chi connectivity index (χ2v) is 6.76. The minimum atomic E-state index is -0.808. The molecule has 0 heterocycles. The number of likely N-dealkylation sites (N-methyl/N-ethyl adjacent to an activating group) is 1. The number of aryl methyl sites for hydroxylation is 2. The minimum absolute atomic E-state index is 0.0705. The summed E-state index contributed by atoms with van der Waals surface area (Å²) in [5, 5.41) is 12.1. The van der Waals surface area contributed by atoms with Crippen LogP contribution in [0.4, 0.5) is 0 Å². The Morgan fingerprint density at radius 2 is 2.05 bits per heavy atom. The van der Waals surface area contributed by atoms with Crippen molar-refractivity contribution < 1.29 is 9.69 Å². The average molecular weight is 302 g/mol. The van der Waals surface area contributed by atoms with Gasteiger partial charge in [0, 0.05) is 5.56 Å². The molecule has 4 heteroatoms. The maximum Gasteiger partial charge on any atom is 0.276 e. The Kier molecular flexibility index (Phi) is 6.13. The third-order valence-corrected chi connectivity index (χ3v) is 4.24. The van der Waals surface area contributed by atoms with E-state index < -0.39 is 5.54 Å². The lowest BCUT2D eigenvalue weighted by molar-refractivity contribution is -0.885. The quantitative estimate of drug-likeness (QED) is 0.834. The van der Waals surface area contributed by atoms with Gasteiger partial charge in [0.25, 0.3) is 5.91 Å². The molecule has 0 aliphatic heterocycles. The number of carbonyl (C=O) groups is 1. The number of hydrogen-bond acceptors (Lipinski definition) is 2. The Hall–Kier alpha value is -1.86. The van der Waals surface area contributed by atoms with Gasteiger partial charge in [-0.15, -0.1) is 0 Å². The van der Waals surface area contributed by atoms with Gasteiger partial charge < -0.3 is 10.2 Å². The number of nitriles is 1. The summed E-state index contributed by atoms with van der Waals surface area (Å²) in [5.41, 5.74) is 2.95. The molecule has 0 saturated heterocycles. The molecule has 2 N–H and O–H groups in total. The van der Waals surface area contributed by atoms with Crippen molar-refractivity contribution in [2.24, 2.45) is 5.92 Å². The number of benzene rings is 1. The number of carbonyl (C=O) groups excluding carboxylic acids is 1. The molecule has 4 nitrogen and oxygen atoms in total. The number of quaternary nitrogens is 1. The number of amides is 1. The smallest absolute Gasteiger partial charge is 0.276 e. The van der Waals surface area contributed by atoms with E-state index in [1.807, 2.05) is 20.9 Å². The predicted octanol–water partition coefficient (Wildman–Crippen LogP) is 1.37. The molecule has 0 radical (unpaired) electrons. The van der Waals surface area contributed by atoms with Gasteiger partial charge in [-0.05, 0) is 32.3 Å². The molecule has 0 aliphatic rings. The third-order valence-electron chi connectivity index (χ3n) is 4.24. The zero-order valence-electron chi connectivity index (χ0n) is 14.6. The molecule has 0 bridgehead atoms. The second kappa shape index (κ2) is 7.42. The van der Waals surface area contributed by atoms with Gasteiger partial charge in [0.1, 0.15) is 12.1 Å². The van der Waals surface area contributed by atoms with E-state index in [0.29, 0.717) is 6.54 Å². The number of nitrogens with one attached hydrogen (secondary N) is 2. The third kappa shape index (κ3) is 4.85. The molecule has 1 amide bonds. The summed E-state index contributed by atoms with van der Waals surface area (Å²) in [5.74, 6) is -0.0129.